The van der Waals surface area contributed by atoms with Crippen LogP contribution in [0.15, 0.2) is 48.7 Å². The number of aryl methyl sites for hydroxylation is 1. The average molecular weight is 375 g/mol. The smallest absolute Gasteiger partial charge is 0.258 e. The van der Waals surface area contributed by atoms with Crippen molar-refractivity contribution in [3.63, 3.8) is 0 Å². The lowest BCUT2D eigenvalue weighted by Crippen LogP contribution is -2.60. The van der Waals surface area contributed by atoms with E-state index in [-0.39, 0.29) is 5.91 Å². The predicted octanol–water partition coefficient (Wildman–Crippen LogP) is 3.84. The summed E-state index contributed by atoms with van der Waals surface area (Å²) in [6.45, 7) is 4.88. The van der Waals surface area contributed by atoms with E-state index in [1.807, 2.05) is 24.3 Å². The Balaban J connectivity index is 1.30. The number of ether oxygens (including phenoxy) is 1. The molecule has 1 spiro atoms. The van der Waals surface area contributed by atoms with E-state index in [0.29, 0.717) is 11.3 Å². The van der Waals surface area contributed by atoms with Crippen LogP contribution in [-0.2, 0) is 13.0 Å². The Kier molecular flexibility index (Phi) is 4.13. The van der Waals surface area contributed by atoms with E-state index in [4.69, 9.17) is 4.74 Å². The number of fused-ring (bicyclic) bond motifs is 2. The number of amides is 1. The minimum absolute atomic E-state index is 0.0287. The van der Waals surface area contributed by atoms with Crippen LogP contribution in [0.4, 0.5) is 0 Å². The van der Waals surface area contributed by atoms with Crippen LogP contribution < -0.4 is 10.1 Å². The molecule has 0 atom stereocenters. The number of nitrogens with zero attached hydrogens (tertiary/aromatic N) is 1. The van der Waals surface area contributed by atoms with Gasteiger partial charge in [-0.05, 0) is 29.7 Å². The Morgan fingerprint density at radius 2 is 1.89 bits per heavy atom. The van der Waals surface area contributed by atoms with Crippen molar-refractivity contribution in [3.05, 3.63) is 65.4 Å². The van der Waals surface area contributed by atoms with Crippen molar-refractivity contribution in [2.45, 2.75) is 38.5 Å². The van der Waals surface area contributed by atoms with E-state index in [0.717, 1.165) is 38.9 Å². The van der Waals surface area contributed by atoms with Crippen LogP contribution in [-0.4, -0.2) is 34.6 Å². The molecule has 0 bridgehead atoms. The standard InChI is InChI=1S/C23H25N3O2/c1-2-16-6-5-8-18-17(14-24-21(16)18)15-26-12-10-23(11-13-26)25-22(27)19-7-3-4-9-20(19)28-23/h3-9,14,24H,2,10-13,15H2,1H3,(H,25,27). The zero-order valence-electron chi connectivity index (χ0n) is 16.1. The maximum atomic E-state index is 12.5. The van der Waals surface area contributed by atoms with Crippen LogP contribution >= 0.6 is 0 Å². The molecular formula is C23H25N3O2. The first-order valence-corrected chi connectivity index (χ1v) is 10.1. The second kappa shape index (κ2) is 6.67. The molecule has 1 amide bonds. The largest absolute Gasteiger partial charge is 0.467 e. The Hall–Kier alpha value is -2.79. The molecule has 0 aliphatic carbocycles. The van der Waals surface area contributed by atoms with Crippen molar-refractivity contribution in [2.75, 3.05) is 13.1 Å². The van der Waals surface area contributed by atoms with Crippen molar-refractivity contribution in [2.24, 2.45) is 0 Å². The molecule has 5 nitrogen and oxygen atoms in total. The average Bonchev–Trinajstić information content (AvgIpc) is 3.13. The van der Waals surface area contributed by atoms with Gasteiger partial charge in [0.05, 0.1) is 5.56 Å². The van der Waals surface area contributed by atoms with Crippen LogP contribution in [0.3, 0.4) is 0 Å². The van der Waals surface area contributed by atoms with Gasteiger partial charge in [-0.25, -0.2) is 0 Å². The van der Waals surface area contributed by atoms with Crippen molar-refractivity contribution in [3.8, 4) is 5.75 Å². The summed E-state index contributed by atoms with van der Waals surface area (Å²) in [6.07, 6.45) is 4.75. The number of carbonyl (C=O) groups is 1. The molecule has 0 unspecified atom stereocenters. The van der Waals surface area contributed by atoms with Gasteiger partial charge in [-0.1, -0.05) is 37.3 Å². The van der Waals surface area contributed by atoms with Crippen LogP contribution in [0.1, 0.15) is 41.3 Å². The molecule has 1 fully saturated rings. The van der Waals surface area contributed by atoms with E-state index < -0.39 is 5.72 Å². The van der Waals surface area contributed by atoms with E-state index in [9.17, 15) is 4.79 Å². The lowest BCUT2D eigenvalue weighted by Gasteiger charge is -2.44. The lowest BCUT2D eigenvalue weighted by atomic mass is 9.96. The minimum atomic E-state index is -0.572. The summed E-state index contributed by atoms with van der Waals surface area (Å²) in [5, 5.41) is 4.43. The van der Waals surface area contributed by atoms with Gasteiger partial charge in [0.1, 0.15) is 5.75 Å². The fraction of sp³-hybridized carbons (Fsp3) is 0.348. The molecule has 2 aliphatic rings. The third kappa shape index (κ3) is 2.87. The summed E-state index contributed by atoms with van der Waals surface area (Å²) in [5.41, 5.74) is 4.00. The highest BCUT2D eigenvalue weighted by molar-refractivity contribution is 5.98. The summed E-state index contributed by atoms with van der Waals surface area (Å²) in [6, 6.07) is 14.0. The van der Waals surface area contributed by atoms with E-state index in [1.54, 1.807) is 0 Å². The summed E-state index contributed by atoms with van der Waals surface area (Å²) < 4.78 is 6.25. The van der Waals surface area contributed by atoms with Crippen LogP contribution in [0.2, 0.25) is 0 Å². The van der Waals surface area contributed by atoms with Crippen LogP contribution in [0.25, 0.3) is 10.9 Å². The number of H-pyrrole nitrogens is 1. The minimum Gasteiger partial charge on any atom is -0.467 e. The van der Waals surface area contributed by atoms with E-state index in [1.165, 1.54) is 22.0 Å². The first-order chi connectivity index (χ1) is 13.7. The molecule has 1 aromatic heterocycles. The summed E-state index contributed by atoms with van der Waals surface area (Å²) in [7, 11) is 0. The van der Waals surface area contributed by atoms with Crippen LogP contribution in [0.5, 0.6) is 5.75 Å². The molecule has 144 valence electrons. The summed E-state index contributed by atoms with van der Waals surface area (Å²) in [4.78, 5) is 18.4. The van der Waals surface area contributed by atoms with Gasteiger partial charge in [0.15, 0.2) is 5.72 Å². The molecule has 0 saturated carbocycles. The van der Waals surface area contributed by atoms with E-state index >= 15 is 0 Å². The third-order valence-electron chi connectivity index (χ3n) is 6.10. The molecular weight excluding hydrogens is 350 g/mol. The Bertz CT molecular complexity index is 1030. The Morgan fingerprint density at radius 1 is 1.07 bits per heavy atom. The number of benzene rings is 2. The topological polar surface area (TPSA) is 57.4 Å². The first-order valence-electron chi connectivity index (χ1n) is 10.1. The van der Waals surface area contributed by atoms with Crippen LogP contribution in [0, 0.1) is 0 Å². The fourth-order valence-corrected chi connectivity index (χ4v) is 4.49. The maximum absolute atomic E-state index is 12.5. The number of hydrogen-bond acceptors (Lipinski definition) is 3. The quantitative estimate of drug-likeness (QED) is 0.731. The number of hydrogen-bond donors (Lipinski definition) is 2. The number of para-hydroxylation sites is 2. The van der Waals surface area contributed by atoms with Crippen molar-refractivity contribution in [1.82, 2.24) is 15.2 Å². The molecule has 2 aliphatic heterocycles. The van der Waals surface area contributed by atoms with Gasteiger partial charge in [0.2, 0.25) is 0 Å². The predicted molar refractivity (Wildman–Crippen MR) is 109 cm³/mol. The molecule has 2 aromatic carbocycles. The third-order valence-corrected chi connectivity index (χ3v) is 6.10. The van der Waals surface area contributed by atoms with Gasteiger partial charge in [0.25, 0.3) is 5.91 Å². The van der Waals surface area contributed by atoms with Gasteiger partial charge < -0.3 is 15.0 Å². The second-order valence-electron chi connectivity index (χ2n) is 7.83. The SMILES string of the molecule is CCc1cccc2c(CN3CCC4(CC3)NC(=O)c3ccccc3O4)c[nH]c12. The number of aromatic amines is 1. The highest BCUT2D eigenvalue weighted by atomic mass is 16.5. The molecule has 5 heteroatoms. The summed E-state index contributed by atoms with van der Waals surface area (Å²) in [5.74, 6) is 0.669. The van der Waals surface area contributed by atoms with Crippen molar-refractivity contribution < 1.29 is 9.53 Å². The number of piperidine rings is 1. The van der Waals surface area contributed by atoms with Crippen molar-refractivity contribution in [1.29, 1.82) is 0 Å². The molecule has 5 rings (SSSR count). The number of carbonyl (C=O) groups excluding carboxylic acids is 1. The highest BCUT2D eigenvalue weighted by Gasteiger charge is 2.42. The summed E-state index contributed by atoms with van der Waals surface area (Å²) >= 11 is 0. The number of nitrogens with one attached hydrogen (secondary N) is 2. The molecule has 3 heterocycles. The maximum Gasteiger partial charge on any atom is 0.258 e. The monoisotopic (exact) mass is 375 g/mol. The van der Waals surface area contributed by atoms with Gasteiger partial charge in [-0.2, -0.15) is 0 Å². The second-order valence-corrected chi connectivity index (χ2v) is 7.83. The normalized spacial score (nSPS) is 18.7. The fourth-order valence-electron chi connectivity index (χ4n) is 4.49. The van der Waals surface area contributed by atoms with Gasteiger partial charge in [-0.15, -0.1) is 0 Å². The Labute approximate surface area is 164 Å². The number of aromatic nitrogens is 1. The molecule has 3 aromatic rings. The lowest BCUT2D eigenvalue weighted by molar-refractivity contribution is -0.0303. The number of rotatable bonds is 3. The zero-order valence-corrected chi connectivity index (χ0v) is 16.1. The molecule has 0 radical (unpaired) electrons. The Morgan fingerprint density at radius 3 is 2.71 bits per heavy atom. The van der Waals surface area contributed by atoms with Gasteiger partial charge in [-0.3, -0.25) is 9.69 Å². The van der Waals surface area contributed by atoms with E-state index in [2.05, 4.69) is 46.5 Å². The zero-order chi connectivity index (χ0) is 19.1. The van der Waals surface area contributed by atoms with Gasteiger partial charge in [0, 0.05) is 49.6 Å². The molecule has 28 heavy (non-hydrogen) atoms. The highest BCUT2D eigenvalue weighted by Crippen LogP contribution is 2.34. The van der Waals surface area contributed by atoms with Gasteiger partial charge >= 0.3 is 0 Å². The first kappa shape index (κ1) is 17.3. The van der Waals surface area contributed by atoms with Crippen molar-refractivity contribution >= 4 is 16.8 Å². The number of likely N-dealkylation sites (tertiary alicyclic amines) is 1. The molecule has 1 saturated heterocycles. The molecule has 2 N–H and O–H groups in total.